The summed E-state index contributed by atoms with van der Waals surface area (Å²) in [6.45, 7) is 2.43. The third-order valence-electron chi connectivity index (χ3n) is 4.22. The van der Waals surface area contributed by atoms with Gasteiger partial charge in [-0.05, 0) is 49.4 Å². The van der Waals surface area contributed by atoms with Gasteiger partial charge in [-0.3, -0.25) is 9.69 Å². The van der Waals surface area contributed by atoms with Crippen LogP contribution >= 0.6 is 35.6 Å². The van der Waals surface area contributed by atoms with Crippen LogP contribution in [0.2, 0.25) is 5.02 Å². The van der Waals surface area contributed by atoms with Gasteiger partial charge in [0.25, 0.3) is 5.91 Å². The lowest BCUT2D eigenvalue weighted by atomic mass is 10.2. The molecule has 10 heteroatoms. The van der Waals surface area contributed by atoms with Gasteiger partial charge >= 0.3 is 6.18 Å². The number of carbonyl (C=O) groups is 1. The lowest BCUT2D eigenvalue weighted by Crippen LogP contribution is -2.27. The average Bonchev–Trinajstić information content (AvgIpc) is 2.98. The van der Waals surface area contributed by atoms with Gasteiger partial charge in [0.2, 0.25) is 0 Å². The zero-order chi connectivity index (χ0) is 22.6. The molecule has 0 bridgehead atoms. The first-order valence-electron chi connectivity index (χ1n) is 9.17. The first-order chi connectivity index (χ1) is 14.7. The van der Waals surface area contributed by atoms with Crippen LogP contribution in [0.25, 0.3) is 6.08 Å². The number of thioether (sulfide) groups is 1. The maximum atomic E-state index is 12.8. The van der Waals surface area contributed by atoms with Crippen LogP contribution in [0.15, 0.2) is 47.4 Å². The van der Waals surface area contributed by atoms with Crippen molar-refractivity contribution in [2.24, 2.45) is 0 Å². The van der Waals surface area contributed by atoms with Crippen LogP contribution in [0.4, 0.5) is 13.2 Å². The van der Waals surface area contributed by atoms with Crippen molar-refractivity contribution in [3.63, 3.8) is 0 Å². The number of rotatable bonds is 7. The monoisotopic (exact) mass is 487 g/mol. The Labute approximate surface area is 192 Å². The summed E-state index contributed by atoms with van der Waals surface area (Å²) in [6, 6.07) is 9.58. The number of likely N-dealkylation sites (N-methyl/N-ethyl adjacent to an activating group) is 1. The van der Waals surface area contributed by atoms with Gasteiger partial charge in [-0.15, -0.1) is 0 Å². The molecule has 2 aromatic carbocycles. The molecule has 164 valence electrons. The minimum atomic E-state index is -4.44. The zero-order valence-corrected chi connectivity index (χ0v) is 18.6. The molecule has 1 aliphatic heterocycles. The standard InChI is InChI=1S/C21H17ClF3NO3S2/c1-2-26-19(27)18(31-20(26)30)11-13-10-15(22)6-7-17(13)29-9-8-28-16-5-3-4-14(12-16)21(23,24)25/h3-7,10-12H,2,8-9H2,1H3/b18-11-. The van der Waals surface area contributed by atoms with E-state index in [1.165, 1.54) is 28.8 Å². The minimum Gasteiger partial charge on any atom is -0.490 e. The second-order valence-corrected chi connectivity index (χ2v) is 8.44. The van der Waals surface area contributed by atoms with Crippen molar-refractivity contribution >= 4 is 51.9 Å². The minimum absolute atomic E-state index is 0.0291. The molecule has 0 unspecified atom stereocenters. The number of ether oxygens (including phenoxy) is 2. The molecule has 0 aliphatic carbocycles. The fourth-order valence-corrected chi connectivity index (χ4v) is 4.31. The summed E-state index contributed by atoms with van der Waals surface area (Å²) in [4.78, 5) is 14.4. The van der Waals surface area contributed by atoms with Crippen LogP contribution in [0, 0.1) is 0 Å². The number of hydrogen-bond donors (Lipinski definition) is 0. The third kappa shape index (κ3) is 5.93. The molecule has 1 heterocycles. The summed E-state index contributed by atoms with van der Waals surface area (Å²) < 4.78 is 49.9. The second kappa shape index (κ2) is 9.93. The molecule has 1 saturated heterocycles. The number of hydrogen-bond acceptors (Lipinski definition) is 5. The van der Waals surface area contributed by atoms with Crippen molar-refractivity contribution in [2.45, 2.75) is 13.1 Å². The normalized spacial score (nSPS) is 15.6. The van der Waals surface area contributed by atoms with Crippen LogP contribution in [0.3, 0.4) is 0 Å². The smallest absolute Gasteiger partial charge is 0.416 e. The predicted octanol–water partition coefficient (Wildman–Crippen LogP) is 6.04. The summed E-state index contributed by atoms with van der Waals surface area (Å²) >= 11 is 12.5. The van der Waals surface area contributed by atoms with E-state index in [0.717, 1.165) is 12.1 Å². The largest absolute Gasteiger partial charge is 0.490 e. The first kappa shape index (κ1) is 23.4. The number of carbonyl (C=O) groups excluding carboxylic acids is 1. The van der Waals surface area contributed by atoms with Crippen LogP contribution in [0.1, 0.15) is 18.1 Å². The molecule has 0 radical (unpaired) electrons. The quantitative estimate of drug-likeness (QED) is 0.270. The molecular formula is C21H17ClF3NO3S2. The van der Waals surface area contributed by atoms with Crippen molar-refractivity contribution in [3.05, 3.63) is 63.5 Å². The van der Waals surface area contributed by atoms with Crippen molar-refractivity contribution in [1.82, 2.24) is 4.90 Å². The summed E-state index contributed by atoms with van der Waals surface area (Å²) in [5.74, 6) is 0.369. The predicted molar refractivity (Wildman–Crippen MR) is 119 cm³/mol. The number of nitrogens with zero attached hydrogens (tertiary/aromatic N) is 1. The summed E-state index contributed by atoms with van der Waals surface area (Å²) in [5, 5.41) is 0.463. The van der Waals surface area contributed by atoms with E-state index >= 15 is 0 Å². The van der Waals surface area contributed by atoms with Gasteiger partial charge in [-0.1, -0.05) is 41.6 Å². The first-order valence-corrected chi connectivity index (χ1v) is 10.8. The maximum absolute atomic E-state index is 12.8. The molecule has 0 saturated carbocycles. The molecule has 0 N–H and O–H groups in total. The van der Waals surface area contributed by atoms with Gasteiger partial charge in [0.15, 0.2) is 0 Å². The Hall–Kier alpha value is -2.23. The molecule has 1 aliphatic rings. The zero-order valence-electron chi connectivity index (χ0n) is 16.2. The molecule has 3 rings (SSSR count). The van der Waals surface area contributed by atoms with Gasteiger partial charge in [0.05, 0.1) is 10.5 Å². The third-order valence-corrected chi connectivity index (χ3v) is 5.83. The van der Waals surface area contributed by atoms with Crippen LogP contribution in [-0.4, -0.2) is 34.9 Å². The molecule has 1 fully saturated rings. The number of thiocarbonyl (C=S) groups is 1. The topological polar surface area (TPSA) is 38.8 Å². The molecular weight excluding hydrogens is 471 g/mol. The fraction of sp³-hybridized carbons (Fsp3) is 0.238. The van der Waals surface area contributed by atoms with Crippen LogP contribution in [0.5, 0.6) is 11.5 Å². The van der Waals surface area contributed by atoms with Crippen molar-refractivity contribution < 1.29 is 27.4 Å². The Morgan fingerprint density at radius 1 is 1.16 bits per heavy atom. The highest BCUT2D eigenvalue weighted by atomic mass is 35.5. The Bertz CT molecular complexity index is 1030. The molecule has 2 aromatic rings. The molecule has 0 aromatic heterocycles. The van der Waals surface area contributed by atoms with Crippen molar-refractivity contribution in [2.75, 3.05) is 19.8 Å². The summed E-state index contributed by atoms with van der Waals surface area (Å²) in [6.07, 6.45) is -2.78. The van der Waals surface area contributed by atoms with E-state index in [2.05, 4.69) is 0 Å². The van der Waals surface area contributed by atoms with E-state index in [9.17, 15) is 18.0 Å². The van der Waals surface area contributed by atoms with Crippen LogP contribution in [-0.2, 0) is 11.0 Å². The van der Waals surface area contributed by atoms with Gasteiger partial charge in [-0.2, -0.15) is 13.2 Å². The van der Waals surface area contributed by atoms with E-state index < -0.39 is 11.7 Å². The lowest BCUT2D eigenvalue weighted by Gasteiger charge is -2.12. The number of alkyl halides is 3. The van der Waals surface area contributed by atoms with Crippen LogP contribution < -0.4 is 9.47 Å². The van der Waals surface area contributed by atoms with Gasteiger partial charge in [-0.25, -0.2) is 0 Å². The van der Waals surface area contributed by atoms with Crippen molar-refractivity contribution in [1.29, 1.82) is 0 Å². The van der Waals surface area contributed by atoms with E-state index in [1.54, 1.807) is 24.3 Å². The van der Waals surface area contributed by atoms with Crippen molar-refractivity contribution in [3.8, 4) is 11.5 Å². The SMILES string of the molecule is CCN1C(=O)/C(=C/c2cc(Cl)ccc2OCCOc2cccc(C(F)(F)F)c2)SC1=S. The summed E-state index contributed by atoms with van der Waals surface area (Å²) in [5.41, 5.74) is -0.196. The fourth-order valence-electron chi connectivity index (χ4n) is 2.75. The summed E-state index contributed by atoms with van der Waals surface area (Å²) in [7, 11) is 0. The Kier molecular flexibility index (Phi) is 7.51. The van der Waals surface area contributed by atoms with E-state index in [4.69, 9.17) is 33.3 Å². The Morgan fingerprint density at radius 2 is 1.90 bits per heavy atom. The van der Waals surface area contributed by atoms with Gasteiger partial charge in [0.1, 0.15) is 29.0 Å². The van der Waals surface area contributed by atoms with E-state index in [-0.39, 0.29) is 24.9 Å². The highest BCUT2D eigenvalue weighted by Crippen LogP contribution is 2.35. The van der Waals surface area contributed by atoms with E-state index in [0.29, 0.717) is 32.1 Å². The van der Waals surface area contributed by atoms with Gasteiger partial charge in [0, 0.05) is 17.1 Å². The average molecular weight is 488 g/mol. The maximum Gasteiger partial charge on any atom is 0.416 e. The Balaban J connectivity index is 1.66. The highest BCUT2D eigenvalue weighted by Gasteiger charge is 2.31. The van der Waals surface area contributed by atoms with Gasteiger partial charge < -0.3 is 9.47 Å². The number of benzene rings is 2. The molecule has 4 nitrogen and oxygen atoms in total. The molecule has 0 atom stereocenters. The molecule has 31 heavy (non-hydrogen) atoms. The molecule has 0 spiro atoms. The van der Waals surface area contributed by atoms with E-state index in [1.807, 2.05) is 6.92 Å². The number of amides is 1. The Morgan fingerprint density at radius 3 is 2.58 bits per heavy atom. The number of halogens is 4. The highest BCUT2D eigenvalue weighted by molar-refractivity contribution is 8.26. The second-order valence-electron chi connectivity index (χ2n) is 6.33. The lowest BCUT2D eigenvalue weighted by molar-refractivity contribution is -0.137. The molecule has 1 amide bonds.